The summed E-state index contributed by atoms with van der Waals surface area (Å²) < 4.78 is 32.3. The molecule has 0 amide bonds. The molecule has 0 bridgehead atoms. The quantitative estimate of drug-likeness (QED) is 0.698. The third-order valence-electron chi connectivity index (χ3n) is 3.96. The first-order valence-electron chi connectivity index (χ1n) is 7.76. The second-order valence-electron chi connectivity index (χ2n) is 5.84. The van der Waals surface area contributed by atoms with Crippen molar-refractivity contribution < 1.29 is 13.2 Å². The molecule has 1 heterocycles. The molecule has 0 unspecified atom stereocenters. The van der Waals surface area contributed by atoms with Crippen LogP contribution in [0.2, 0.25) is 5.02 Å². The molecule has 2 aromatic carbocycles. The number of aromatic nitrogens is 1. The Morgan fingerprint density at radius 1 is 1.15 bits per heavy atom. The van der Waals surface area contributed by atoms with Gasteiger partial charge in [0.2, 0.25) is 10.0 Å². The van der Waals surface area contributed by atoms with Gasteiger partial charge in [-0.1, -0.05) is 23.7 Å². The lowest BCUT2D eigenvalue weighted by Gasteiger charge is -2.09. The number of methoxy groups -OCH3 is 1. The number of fused-ring (bicyclic) bond motifs is 1. The number of sulfonamides is 1. The van der Waals surface area contributed by atoms with E-state index in [9.17, 15) is 13.2 Å². The number of rotatable bonds is 5. The Balaban J connectivity index is 1.87. The zero-order valence-electron chi connectivity index (χ0n) is 14.2. The predicted octanol–water partition coefficient (Wildman–Crippen LogP) is 2.98. The minimum Gasteiger partial charge on any atom is -0.495 e. The third kappa shape index (κ3) is 3.75. The molecule has 0 aliphatic rings. The number of H-pyrrole nitrogens is 1. The van der Waals surface area contributed by atoms with E-state index >= 15 is 0 Å². The Morgan fingerprint density at radius 3 is 2.62 bits per heavy atom. The summed E-state index contributed by atoms with van der Waals surface area (Å²) in [4.78, 5) is 15.0. The predicted molar refractivity (Wildman–Crippen MR) is 101 cm³/mol. The second-order valence-corrected chi connectivity index (χ2v) is 8.01. The van der Waals surface area contributed by atoms with Crippen molar-refractivity contribution in [3.63, 3.8) is 0 Å². The highest BCUT2D eigenvalue weighted by Gasteiger charge is 2.16. The van der Waals surface area contributed by atoms with Crippen LogP contribution < -0.4 is 15.0 Å². The molecule has 0 aliphatic heterocycles. The van der Waals surface area contributed by atoms with E-state index in [0.29, 0.717) is 16.8 Å². The van der Waals surface area contributed by atoms with Crippen LogP contribution in [0.4, 0.5) is 0 Å². The zero-order valence-corrected chi connectivity index (χ0v) is 15.7. The van der Waals surface area contributed by atoms with Crippen LogP contribution in [0.5, 0.6) is 5.75 Å². The van der Waals surface area contributed by atoms with Gasteiger partial charge >= 0.3 is 0 Å². The molecule has 26 heavy (non-hydrogen) atoms. The van der Waals surface area contributed by atoms with Crippen molar-refractivity contribution >= 4 is 32.5 Å². The molecular weight excluding hydrogens is 376 g/mol. The Hall–Kier alpha value is -2.35. The van der Waals surface area contributed by atoms with E-state index in [-0.39, 0.29) is 22.0 Å². The lowest BCUT2D eigenvalue weighted by atomic mass is 10.1. The van der Waals surface area contributed by atoms with Crippen LogP contribution in [0.15, 0.2) is 52.2 Å². The summed E-state index contributed by atoms with van der Waals surface area (Å²) in [5.74, 6) is 0.381. The van der Waals surface area contributed by atoms with Gasteiger partial charge in [-0.15, -0.1) is 0 Å². The van der Waals surface area contributed by atoms with Crippen LogP contribution in [0, 0.1) is 6.92 Å². The van der Waals surface area contributed by atoms with E-state index in [1.54, 1.807) is 6.07 Å². The minimum absolute atomic E-state index is 0.00357. The number of ether oxygens (including phenoxy) is 1. The van der Waals surface area contributed by atoms with Crippen LogP contribution in [0.25, 0.3) is 10.9 Å². The van der Waals surface area contributed by atoms with Crippen LogP contribution in [-0.2, 0) is 16.6 Å². The van der Waals surface area contributed by atoms with Gasteiger partial charge in [-0.05, 0) is 48.2 Å². The van der Waals surface area contributed by atoms with Gasteiger partial charge < -0.3 is 9.72 Å². The van der Waals surface area contributed by atoms with Crippen molar-refractivity contribution in [3.05, 3.63) is 69.0 Å². The molecule has 0 saturated heterocycles. The number of aromatic amines is 1. The van der Waals surface area contributed by atoms with Crippen molar-refractivity contribution in [2.45, 2.75) is 18.4 Å². The highest BCUT2D eigenvalue weighted by molar-refractivity contribution is 7.89. The summed E-state index contributed by atoms with van der Waals surface area (Å²) in [5.41, 5.74) is 1.73. The summed E-state index contributed by atoms with van der Waals surface area (Å²) in [6.07, 6.45) is 0. The number of nitrogens with one attached hydrogen (secondary N) is 2. The van der Waals surface area contributed by atoms with E-state index in [0.717, 1.165) is 10.9 Å². The maximum Gasteiger partial charge on any atom is 0.252 e. The van der Waals surface area contributed by atoms with Gasteiger partial charge in [0.1, 0.15) is 5.75 Å². The first-order valence-corrected chi connectivity index (χ1v) is 9.62. The van der Waals surface area contributed by atoms with Crippen LogP contribution >= 0.6 is 11.6 Å². The summed E-state index contributed by atoms with van der Waals surface area (Å²) in [6, 6.07) is 11.5. The minimum atomic E-state index is -3.83. The van der Waals surface area contributed by atoms with E-state index in [1.165, 1.54) is 25.3 Å². The fraction of sp³-hybridized carbons (Fsp3) is 0.167. The molecular formula is C18H17ClN2O4S. The Labute approximate surface area is 155 Å². The number of halogens is 1. The van der Waals surface area contributed by atoms with Crippen molar-refractivity contribution in [3.8, 4) is 5.75 Å². The van der Waals surface area contributed by atoms with Gasteiger partial charge in [0.25, 0.3) is 5.56 Å². The SMILES string of the molecule is COc1ccc(S(=O)(=O)NCc2cc3ccc(C)cc3[nH]c2=O)cc1Cl. The topological polar surface area (TPSA) is 88.3 Å². The summed E-state index contributed by atoms with van der Waals surface area (Å²) in [6.45, 7) is 1.80. The Bertz CT molecular complexity index is 1140. The number of benzene rings is 2. The summed E-state index contributed by atoms with van der Waals surface area (Å²) in [7, 11) is -2.38. The fourth-order valence-corrected chi connectivity index (χ4v) is 3.92. The molecule has 8 heteroatoms. The van der Waals surface area contributed by atoms with Gasteiger partial charge in [-0.3, -0.25) is 4.79 Å². The van der Waals surface area contributed by atoms with Gasteiger partial charge in [0.15, 0.2) is 0 Å². The second kappa shape index (κ2) is 7.11. The van der Waals surface area contributed by atoms with Crippen molar-refractivity contribution in [2.24, 2.45) is 0 Å². The van der Waals surface area contributed by atoms with Gasteiger partial charge in [0, 0.05) is 17.6 Å². The average molecular weight is 393 g/mol. The van der Waals surface area contributed by atoms with E-state index in [2.05, 4.69) is 9.71 Å². The molecule has 0 spiro atoms. The van der Waals surface area contributed by atoms with Gasteiger partial charge in [0.05, 0.1) is 17.0 Å². The molecule has 3 rings (SSSR count). The largest absolute Gasteiger partial charge is 0.495 e. The number of pyridine rings is 1. The molecule has 2 N–H and O–H groups in total. The molecule has 0 atom stereocenters. The number of aryl methyl sites for hydroxylation is 1. The van der Waals surface area contributed by atoms with Gasteiger partial charge in [-0.2, -0.15) is 0 Å². The maximum absolute atomic E-state index is 12.5. The van der Waals surface area contributed by atoms with E-state index in [1.807, 2.05) is 25.1 Å². The maximum atomic E-state index is 12.5. The standard InChI is InChI=1S/C18H17ClN2O4S/c1-11-3-4-12-8-13(18(22)21-16(12)7-11)10-20-26(23,24)14-5-6-17(25-2)15(19)9-14/h3-9,20H,10H2,1-2H3,(H,21,22). The fourth-order valence-electron chi connectivity index (χ4n) is 2.56. The van der Waals surface area contributed by atoms with Crippen LogP contribution in [0.1, 0.15) is 11.1 Å². The number of hydrogen-bond donors (Lipinski definition) is 2. The third-order valence-corrected chi connectivity index (χ3v) is 5.66. The van der Waals surface area contributed by atoms with Crippen LogP contribution in [-0.4, -0.2) is 20.5 Å². The molecule has 3 aromatic rings. The Kier molecular flexibility index (Phi) is 5.04. The molecule has 6 nitrogen and oxygen atoms in total. The summed E-state index contributed by atoms with van der Waals surface area (Å²) in [5, 5.41) is 1.02. The lowest BCUT2D eigenvalue weighted by molar-refractivity contribution is 0.414. The zero-order chi connectivity index (χ0) is 18.9. The average Bonchev–Trinajstić information content (AvgIpc) is 2.60. The highest BCUT2D eigenvalue weighted by atomic mass is 35.5. The van der Waals surface area contributed by atoms with Crippen molar-refractivity contribution in [1.82, 2.24) is 9.71 Å². The smallest absolute Gasteiger partial charge is 0.252 e. The molecule has 1 aromatic heterocycles. The first-order chi connectivity index (χ1) is 12.3. The monoisotopic (exact) mass is 392 g/mol. The normalized spacial score (nSPS) is 11.7. The van der Waals surface area contributed by atoms with Crippen molar-refractivity contribution in [1.29, 1.82) is 0 Å². The lowest BCUT2D eigenvalue weighted by Crippen LogP contribution is -2.27. The highest BCUT2D eigenvalue weighted by Crippen LogP contribution is 2.26. The first kappa shape index (κ1) is 18.4. The molecule has 0 saturated carbocycles. The molecule has 0 fully saturated rings. The van der Waals surface area contributed by atoms with Gasteiger partial charge in [-0.25, -0.2) is 13.1 Å². The Morgan fingerprint density at radius 2 is 1.92 bits per heavy atom. The van der Waals surface area contributed by atoms with Crippen molar-refractivity contribution in [2.75, 3.05) is 7.11 Å². The van der Waals surface area contributed by atoms with Crippen LogP contribution in [0.3, 0.4) is 0 Å². The molecule has 0 radical (unpaired) electrons. The summed E-state index contributed by atoms with van der Waals surface area (Å²) >= 11 is 5.98. The molecule has 136 valence electrons. The molecule has 0 aliphatic carbocycles. The van der Waals surface area contributed by atoms with E-state index < -0.39 is 10.0 Å². The number of hydrogen-bond acceptors (Lipinski definition) is 4. The van der Waals surface area contributed by atoms with E-state index in [4.69, 9.17) is 16.3 Å².